The van der Waals surface area contributed by atoms with E-state index < -0.39 is 0 Å². The SMILES string of the molecule is CCc1nc(N)cc(Nc2c(F)cccc2Br)n1. The van der Waals surface area contributed by atoms with Gasteiger partial charge in [-0.3, -0.25) is 0 Å². The fourth-order valence-corrected chi connectivity index (χ4v) is 1.93. The number of nitrogens with two attached hydrogens (primary N) is 1. The quantitative estimate of drug-likeness (QED) is 0.913. The lowest BCUT2D eigenvalue weighted by atomic mass is 10.3. The fraction of sp³-hybridized carbons (Fsp3) is 0.167. The van der Waals surface area contributed by atoms with Gasteiger partial charge in [-0.2, -0.15) is 0 Å². The van der Waals surface area contributed by atoms with Crippen LogP contribution in [-0.2, 0) is 6.42 Å². The lowest BCUT2D eigenvalue weighted by Gasteiger charge is -2.10. The summed E-state index contributed by atoms with van der Waals surface area (Å²) in [7, 11) is 0. The summed E-state index contributed by atoms with van der Waals surface area (Å²) in [4.78, 5) is 8.30. The van der Waals surface area contributed by atoms with Crippen LogP contribution in [0.5, 0.6) is 0 Å². The Morgan fingerprint density at radius 2 is 2.17 bits per heavy atom. The van der Waals surface area contributed by atoms with Gasteiger partial charge in [0.2, 0.25) is 0 Å². The number of hydrogen-bond donors (Lipinski definition) is 2. The predicted octanol–water partition coefficient (Wildman–Crippen LogP) is 3.27. The molecule has 18 heavy (non-hydrogen) atoms. The highest BCUT2D eigenvalue weighted by Gasteiger charge is 2.08. The molecule has 1 aromatic heterocycles. The van der Waals surface area contributed by atoms with E-state index in [1.165, 1.54) is 6.07 Å². The average Bonchev–Trinajstić information content (AvgIpc) is 2.33. The third-order valence-corrected chi connectivity index (χ3v) is 2.99. The lowest BCUT2D eigenvalue weighted by molar-refractivity contribution is 0.631. The van der Waals surface area contributed by atoms with Crippen molar-refractivity contribution < 1.29 is 4.39 Å². The molecule has 3 N–H and O–H groups in total. The summed E-state index contributed by atoms with van der Waals surface area (Å²) in [6, 6.07) is 6.31. The minimum atomic E-state index is -0.361. The molecular formula is C12H12BrFN4. The normalized spacial score (nSPS) is 10.4. The zero-order valence-electron chi connectivity index (χ0n) is 9.74. The van der Waals surface area contributed by atoms with Crippen LogP contribution in [-0.4, -0.2) is 9.97 Å². The molecule has 4 nitrogen and oxygen atoms in total. The summed E-state index contributed by atoms with van der Waals surface area (Å²) < 4.78 is 14.3. The number of hydrogen-bond acceptors (Lipinski definition) is 4. The van der Waals surface area contributed by atoms with Crippen LogP contribution in [0, 0.1) is 5.82 Å². The van der Waals surface area contributed by atoms with Gasteiger partial charge in [-0.1, -0.05) is 13.0 Å². The number of aromatic nitrogens is 2. The highest BCUT2D eigenvalue weighted by Crippen LogP contribution is 2.28. The van der Waals surface area contributed by atoms with Crippen LogP contribution < -0.4 is 11.1 Å². The molecule has 1 aromatic carbocycles. The minimum Gasteiger partial charge on any atom is -0.384 e. The number of nitrogen functional groups attached to an aromatic ring is 1. The number of para-hydroxylation sites is 1. The Morgan fingerprint density at radius 1 is 1.39 bits per heavy atom. The Hall–Kier alpha value is -1.69. The highest BCUT2D eigenvalue weighted by atomic mass is 79.9. The molecule has 94 valence electrons. The number of rotatable bonds is 3. The van der Waals surface area contributed by atoms with E-state index >= 15 is 0 Å². The van der Waals surface area contributed by atoms with E-state index in [1.807, 2.05) is 6.92 Å². The Kier molecular flexibility index (Phi) is 3.76. The van der Waals surface area contributed by atoms with E-state index in [0.29, 0.717) is 34.0 Å². The summed E-state index contributed by atoms with van der Waals surface area (Å²) >= 11 is 3.28. The van der Waals surface area contributed by atoms with E-state index in [2.05, 4.69) is 31.2 Å². The third kappa shape index (κ3) is 2.76. The van der Waals surface area contributed by atoms with Crippen molar-refractivity contribution in [2.45, 2.75) is 13.3 Å². The summed E-state index contributed by atoms with van der Waals surface area (Å²) in [5, 5.41) is 2.90. The topological polar surface area (TPSA) is 63.8 Å². The molecule has 0 amide bonds. The average molecular weight is 311 g/mol. The molecule has 6 heteroatoms. The van der Waals surface area contributed by atoms with Gasteiger partial charge in [0.05, 0.1) is 5.69 Å². The first-order valence-electron chi connectivity index (χ1n) is 5.44. The van der Waals surface area contributed by atoms with E-state index in [-0.39, 0.29) is 5.82 Å². The minimum absolute atomic E-state index is 0.331. The first kappa shape index (κ1) is 12.8. The third-order valence-electron chi connectivity index (χ3n) is 2.32. The molecule has 0 radical (unpaired) electrons. The number of halogens is 2. The first-order chi connectivity index (χ1) is 8.60. The van der Waals surface area contributed by atoms with Crippen LogP contribution in [0.15, 0.2) is 28.7 Å². The number of benzene rings is 1. The van der Waals surface area contributed by atoms with E-state index in [9.17, 15) is 4.39 Å². The molecule has 0 spiro atoms. The van der Waals surface area contributed by atoms with Gasteiger partial charge in [-0.15, -0.1) is 0 Å². The number of aryl methyl sites for hydroxylation is 1. The van der Waals surface area contributed by atoms with E-state index in [0.717, 1.165) is 0 Å². The van der Waals surface area contributed by atoms with Crippen molar-refractivity contribution in [2.75, 3.05) is 11.1 Å². The second-order valence-electron chi connectivity index (χ2n) is 3.67. The second-order valence-corrected chi connectivity index (χ2v) is 4.52. The van der Waals surface area contributed by atoms with Crippen molar-refractivity contribution in [1.82, 2.24) is 9.97 Å². The second kappa shape index (κ2) is 5.30. The standard InChI is InChI=1S/C12H12BrFN4/c1-2-10-16-9(15)6-11(17-10)18-12-7(13)4-3-5-8(12)14/h3-6H,2H2,1H3,(H3,15,16,17,18). The van der Waals surface area contributed by atoms with Crippen molar-refractivity contribution in [3.8, 4) is 0 Å². The summed E-state index contributed by atoms with van der Waals surface area (Å²) in [5.74, 6) is 1.09. The van der Waals surface area contributed by atoms with Crippen molar-refractivity contribution in [1.29, 1.82) is 0 Å². The molecule has 0 aliphatic heterocycles. The van der Waals surface area contributed by atoms with E-state index in [4.69, 9.17) is 5.73 Å². The van der Waals surface area contributed by atoms with Crippen LogP contribution in [0.2, 0.25) is 0 Å². The van der Waals surface area contributed by atoms with Gasteiger partial charge in [-0.05, 0) is 28.1 Å². The van der Waals surface area contributed by atoms with Crippen molar-refractivity contribution in [3.63, 3.8) is 0 Å². The smallest absolute Gasteiger partial charge is 0.147 e. The van der Waals surface area contributed by atoms with Crippen LogP contribution >= 0.6 is 15.9 Å². The van der Waals surface area contributed by atoms with Crippen LogP contribution in [0.25, 0.3) is 0 Å². The first-order valence-corrected chi connectivity index (χ1v) is 6.24. The maximum absolute atomic E-state index is 13.7. The Bertz CT molecular complexity index is 554. The molecule has 0 bridgehead atoms. The molecule has 0 fully saturated rings. The maximum Gasteiger partial charge on any atom is 0.147 e. The molecule has 2 rings (SSSR count). The zero-order chi connectivity index (χ0) is 13.1. The van der Waals surface area contributed by atoms with Crippen molar-refractivity contribution >= 4 is 33.3 Å². The lowest BCUT2D eigenvalue weighted by Crippen LogP contribution is -2.04. The molecule has 0 atom stereocenters. The zero-order valence-corrected chi connectivity index (χ0v) is 11.3. The molecule has 0 aliphatic rings. The van der Waals surface area contributed by atoms with Gasteiger partial charge in [0, 0.05) is 17.0 Å². The van der Waals surface area contributed by atoms with Gasteiger partial charge in [0.15, 0.2) is 0 Å². The summed E-state index contributed by atoms with van der Waals surface area (Å²) in [5.41, 5.74) is 6.00. The Labute approximate surface area is 113 Å². The fourth-order valence-electron chi connectivity index (χ4n) is 1.49. The molecule has 0 saturated heterocycles. The molecule has 0 saturated carbocycles. The highest BCUT2D eigenvalue weighted by molar-refractivity contribution is 9.10. The monoisotopic (exact) mass is 310 g/mol. The maximum atomic E-state index is 13.7. The van der Waals surface area contributed by atoms with Crippen LogP contribution in [0.3, 0.4) is 0 Å². The van der Waals surface area contributed by atoms with Crippen LogP contribution in [0.1, 0.15) is 12.7 Å². The van der Waals surface area contributed by atoms with Gasteiger partial charge in [0.25, 0.3) is 0 Å². The molecule has 1 heterocycles. The molecule has 0 unspecified atom stereocenters. The largest absolute Gasteiger partial charge is 0.384 e. The van der Waals surface area contributed by atoms with Gasteiger partial charge in [0.1, 0.15) is 23.3 Å². The number of nitrogens with zero attached hydrogens (tertiary/aromatic N) is 2. The van der Waals surface area contributed by atoms with E-state index in [1.54, 1.807) is 18.2 Å². The molecule has 0 aliphatic carbocycles. The Morgan fingerprint density at radius 3 is 2.83 bits per heavy atom. The predicted molar refractivity (Wildman–Crippen MR) is 73.2 cm³/mol. The van der Waals surface area contributed by atoms with Crippen molar-refractivity contribution in [3.05, 3.63) is 40.4 Å². The van der Waals surface area contributed by atoms with Gasteiger partial charge < -0.3 is 11.1 Å². The number of anilines is 3. The van der Waals surface area contributed by atoms with Gasteiger partial charge in [-0.25, -0.2) is 14.4 Å². The number of nitrogens with one attached hydrogen (secondary N) is 1. The van der Waals surface area contributed by atoms with Gasteiger partial charge >= 0.3 is 0 Å². The molecule has 2 aromatic rings. The summed E-state index contributed by atoms with van der Waals surface area (Å²) in [6.45, 7) is 1.93. The Balaban J connectivity index is 2.37. The summed E-state index contributed by atoms with van der Waals surface area (Å²) in [6.07, 6.45) is 0.665. The van der Waals surface area contributed by atoms with Crippen molar-refractivity contribution in [2.24, 2.45) is 0 Å². The molecular weight excluding hydrogens is 299 g/mol. The van der Waals surface area contributed by atoms with Crippen LogP contribution in [0.4, 0.5) is 21.7 Å².